The van der Waals surface area contributed by atoms with Crippen LogP contribution >= 0.6 is 11.6 Å². The highest BCUT2D eigenvalue weighted by Gasteiger charge is 2.15. The highest BCUT2D eigenvalue weighted by atomic mass is 35.5. The number of carboxylic acid groups (broad SMARTS) is 1. The number of ether oxygens (including phenoxy) is 2. The van der Waals surface area contributed by atoms with Crippen molar-refractivity contribution in [1.29, 1.82) is 0 Å². The third-order valence-corrected chi connectivity index (χ3v) is 5.43. The fraction of sp³-hybridized carbons (Fsp3) is 0.111. The SMILES string of the molecule is COC(COc1ccccc1C(=O)O)c1cccc(/C=C/c2ccc3ccc(Cl)cc3n2)c1. The first kappa shape index (κ1) is 22.5. The van der Waals surface area contributed by atoms with E-state index in [-0.39, 0.29) is 18.3 Å². The van der Waals surface area contributed by atoms with Gasteiger partial charge in [0.15, 0.2) is 0 Å². The van der Waals surface area contributed by atoms with Crippen LogP contribution in [0.5, 0.6) is 5.75 Å². The summed E-state index contributed by atoms with van der Waals surface area (Å²) in [6.45, 7) is 0.181. The van der Waals surface area contributed by atoms with Crippen LogP contribution in [0.4, 0.5) is 0 Å². The van der Waals surface area contributed by atoms with Gasteiger partial charge < -0.3 is 14.6 Å². The minimum atomic E-state index is -1.03. The van der Waals surface area contributed by atoms with Crippen LogP contribution in [0.3, 0.4) is 0 Å². The van der Waals surface area contributed by atoms with Gasteiger partial charge in [-0.05, 0) is 53.6 Å². The summed E-state index contributed by atoms with van der Waals surface area (Å²) in [4.78, 5) is 16.0. The third kappa shape index (κ3) is 5.58. The molecule has 1 unspecified atom stereocenters. The van der Waals surface area contributed by atoms with E-state index >= 15 is 0 Å². The first-order valence-electron chi connectivity index (χ1n) is 10.4. The van der Waals surface area contributed by atoms with Crippen molar-refractivity contribution in [2.75, 3.05) is 13.7 Å². The van der Waals surface area contributed by atoms with E-state index in [0.717, 1.165) is 27.7 Å². The number of benzene rings is 3. The Bertz CT molecular complexity index is 1320. The molecular formula is C27H22ClNO4. The van der Waals surface area contributed by atoms with Gasteiger partial charge in [0.25, 0.3) is 0 Å². The van der Waals surface area contributed by atoms with Crippen molar-refractivity contribution < 1.29 is 19.4 Å². The maximum atomic E-state index is 11.4. The van der Waals surface area contributed by atoms with Crippen LogP contribution < -0.4 is 4.74 Å². The van der Waals surface area contributed by atoms with Gasteiger partial charge in [0.2, 0.25) is 0 Å². The summed E-state index contributed by atoms with van der Waals surface area (Å²) in [7, 11) is 1.60. The number of methoxy groups -OCH3 is 1. The maximum absolute atomic E-state index is 11.4. The van der Waals surface area contributed by atoms with Crippen LogP contribution in [0, 0.1) is 0 Å². The molecule has 4 aromatic rings. The number of hydrogen-bond acceptors (Lipinski definition) is 4. The maximum Gasteiger partial charge on any atom is 0.339 e. The number of halogens is 1. The summed E-state index contributed by atoms with van der Waals surface area (Å²) in [5.74, 6) is -0.721. The Kier molecular flexibility index (Phi) is 7.03. The van der Waals surface area contributed by atoms with Crippen LogP contribution in [-0.2, 0) is 4.74 Å². The second-order valence-electron chi connectivity index (χ2n) is 7.41. The van der Waals surface area contributed by atoms with E-state index in [0.29, 0.717) is 10.8 Å². The molecule has 0 bridgehead atoms. The van der Waals surface area contributed by atoms with Crippen molar-refractivity contribution in [3.05, 3.63) is 106 Å². The Hall–Kier alpha value is -3.67. The van der Waals surface area contributed by atoms with Gasteiger partial charge in [-0.15, -0.1) is 0 Å². The molecular weight excluding hydrogens is 438 g/mol. The normalized spacial score (nSPS) is 12.2. The summed E-state index contributed by atoms with van der Waals surface area (Å²) in [6, 6.07) is 24.1. The van der Waals surface area contributed by atoms with E-state index in [1.807, 2.05) is 66.7 Å². The molecule has 0 radical (unpaired) electrons. The number of rotatable bonds is 8. The molecule has 1 N–H and O–H groups in total. The van der Waals surface area contributed by atoms with E-state index in [4.69, 9.17) is 21.1 Å². The van der Waals surface area contributed by atoms with Gasteiger partial charge >= 0.3 is 5.97 Å². The van der Waals surface area contributed by atoms with E-state index in [1.54, 1.807) is 25.3 Å². The molecule has 0 saturated carbocycles. The van der Waals surface area contributed by atoms with Crippen LogP contribution in [0.15, 0.2) is 78.9 Å². The molecule has 0 spiro atoms. The third-order valence-electron chi connectivity index (χ3n) is 5.20. The van der Waals surface area contributed by atoms with E-state index < -0.39 is 5.97 Å². The Morgan fingerprint density at radius 1 is 1.03 bits per heavy atom. The second kappa shape index (κ2) is 10.3. The van der Waals surface area contributed by atoms with Gasteiger partial charge in [0, 0.05) is 17.5 Å². The largest absolute Gasteiger partial charge is 0.490 e. The number of hydrogen-bond donors (Lipinski definition) is 1. The minimum absolute atomic E-state index is 0.119. The quantitative estimate of drug-likeness (QED) is 0.324. The Morgan fingerprint density at radius 2 is 1.85 bits per heavy atom. The zero-order chi connectivity index (χ0) is 23.2. The lowest BCUT2D eigenvalue weighted by Gasteiger charge is -2.18. The molecule has 0 fully saturated rings. The fourth-order valence-corrected chi connectivity index (χ4v) is 3.64. The predicted octanol–water partition coefficient (Wildman–Crippen LogP) is 6.52. The molecule has 1 atom stereocenters. The minimum Gasteiger partial charge on any atom is -0.490 e. The molecule has 0 aliphatic heterocycles. The van der Waals surface area contributed by atoms with Gasteiger partial charge in [-0.25, -0.2) is 9.78 Å². The van der Waals surface area contributed by atoms with Gasteiger partial charge in [-0.2, -0.15) is 0 Å². The van der Waals surface area contributed by atoms with Crippen molar-refractivity contribution in [1.82, 2.24) is 4.98 Å². The number of fused-ring (bicyclic) bond motifs is 1. The van der Waals surface area contributed by atoms with E-state index in [2.05, 4.69) is 4.98 Å². The molecule has 166 valence electrons. The number of carboxylic acids is 1. The molecule has 4 rings (SSSR count). The number of aromatic carboxylic acids is 1. The van der Waals surface area contributed by atoms with Crippen LogP contribution in [0.2, 0.25) is 5.02 Å². The molecule has 0 aliphatic rings. The zero-order valence-corrected chi connectivity index (χ0v) is 18.7. The molecule has 3 aromatic carbocycles. The summed E-state index contributed by atoms with van der Waals surface area (Å²) >= 11 is 6.08. The molecule has 0 aliphatic carbocycles. The Balaban J connectivity index is 1.50. The van der Waals surface area contributed by atoms with Crippen LogP contribution in [-0.4, -0.2) is 29.8 Å². The monoisotopic (exact) mass is 459 g/mol. The van der Waals surface area contributed by atoms with Gasteiger partial charge in [-0.1, -0.05) is 60.1 Å². The van der Waals surface area contributed by atoms with E-state index in [9.17, 15) is 9.90 Å². The summed E-state index contributed by atoms with van der Waals surface area (Å²) in [5, 5.41) is 11.0. The van der Waals surface area contributed by atoms with E-state index in [1.165, 1.54) is 6.07 Å². The first-order chi connectivity index (χ1) is 16.0. The average Bonchev–Trinajstić information content (AvgIpc) is 2.83. The number of aromatic nitrogens is 1. The molecule has 1 heterocycles. The Morgan fingerprint density at radius 3 is 2.67 bits per heavy atom. The summed E-state index contributed by atoms with van der Waals surface area (Å²) in [5.41, 5.74) is 3.69. The number of pyridine rings is 1. The number of carbonyl (C=O) groups is 1. The highest BCUT2D eigenvalue weighted by Crippen LogP contribution is 2.24. The second-order valence-corrected chi connectivity index (χ2v) is 7.85. The van der Waals surface area contributed by atoms with Gasteiger partial charge in [0.05, 0.1) is 11.2 Å². The first-order valence-corrected chi connectivity index (χ1v) is 10.7. The molecule has 6 heteroatoms. The highest BCUT2D eigenvalue weighted by molar-refractivity contribution is 6.31. The molecule has 1 aromatic heterocycles. The van der Waals surface area contributed by atoms with Crippen LogP contribution in [0.1, 0.15) is 33.3 Å². The van der Waals surface area contributed by atoms with Crippen molar-refractivity contribution in [2.45, 2.75) is 6.10 Å². The predicted molar refractivity (Wildman–Crippen MR) is 131 cm³/mol. The lowest BCUT2D eigenvalue weighted by Crippen LogP contribution is -2.14. The van der Waals surface area contributed by atoms with Crippen LogP contribution in [0.25, 0.3) is 23.1 Å². The molecule has 33 heavy (non-hydrogen) atoms. The summed E-state index contributed by atoms with van der Waals surface area (Å²) < 4.78 is 11.4. The lowest BCUT2D eigenvalue weighted by molar-refractivity contribution is 0.0553. The van der Waals surface area contributed by atoms with Crippen molar-refractivity contribution >= 4 is 40.6 Å². The summed E-state index contributed by atoms with van der Waals surface area (Å²) in [6.07, 6.45) is 3.57. The molecule has 0 saturated heterocycles. The smallest absolute Gasteiger partial charge is 0.339 e. The van der Waals surface area contributed by atoms with Crippen molar-refractivity contribution in [2.24, 2.45) is 0 Å². The zero-order valence-electron chi connectivity index (χ0n) is 17.9. The lowest BCUT2D eigenvalue weighted by atomic mass is 10.1. The fourth-order valence-electron chi connectivity index (χ4n) is 3.48. The Labute approximate surface area is 196 Å². The molecule has 5 nitrogen and oxygen atoms in total. The number of nitrogens with zero attached hydrogens (tertiary/aromatic N) is 1. The number of para-hydroxylation sites is 1. The van der Waals surface area contributed by atoms with Gasteiger partial charge in [-0.3, -0.25) is 0 Å². The standard InChI is InChI=1S/C27H22ClNO4/c1-32-26(17-33-25-8-3-2-7-23(25)27(30)31)20-6-4-5-18(15-20)9-13-22-14-11-19-10-12-21(28)16-24(19)29-22/h2-16,26H,17H2,1H3,(H,30,31)/b13-9+. The van der Waals surface area contributed by atoms with Crippen molar-refractivity contribution in [3.63, 3.8) is 0 Å². The molecule has 0 amide bonds. The average molecular weight is 460 g/mol. The topological polar surface area (TPSA) is 68.7 Å². The van der Waals surface area contributed by atoms with Crippen molar-refractivity contribution in [3.8, 4) is 5.75 Å². The van der Waals surface area contributed by atoms with Gasteiger partial charge in [0.1, 0.15) is 24.0 Å².